The maximum absolute atomic E-state index is 4.20. The van der Waals surface area contributed by atoms with E-state index < -0.39 is 0 Å². The Morgan fingerprint density at radius 1 is 1.70 bits per heavy atom. The van der Waals surface area contributed by atoms with Gasteiger partial charge in [0.05, 0.1) is 6.67 Å². The van der Waals surface area contributed by atoms with Crippen molar-refractivity contribution in [2.24, 2.45) is 0 Å². The van der Waals surface area contributed by atoms with Gasteiger partial charge in [-0.3, -0.25) is 0 Å². The van der Waals surface area contributed by atoms with Crippen LogP contribution in [0, 0.1) is 0 Å². The first-order valence-electron chi connectivity index (χ1n) is 3.94. The average Bonchev–Trinajstić information content (AvgIpc) is 2.03. The van der Waals surface area contributed by atoms with E-state index in [0.717, 1.165) is 19.8 Å². The fourth-order valence-electron chi connectivity index (χ4n) is 1.19. The Bertz CT molecular complexity index is 78.9. The lowest BCUT2D eigenvalue weighted by Crippen LogP contribution is -2.42. The van der Waals surface area contributed by atoms with Crippen LogP contribution in [0.15, 0.2) is 0 Å². The summed E-state index contributed by atoms with van der Waals surface area (Å²) in [6.07, 6.45) is 2.44. The van der Waals surface area contributed by atoms with Gasteiger partial charge < -0.3 is 10.6 Å². The fraction of sp³-hybridized carbons (Fsp3) is 1.00. The molecule has 0 saturated carbocycles. The molecule has 0 amide bonds. The minimum atomic E-state index is 0.699. The second-order valence-electron chi connectivity index (χ2n) is 2.69. The second kappa shape index (κ2) is 4.66. The van der Waals surface area contributed by atoms with E-state index in [9.17, 15) is 0 Å². The standard InChI is InChI=1S/C7H16N3/c1-8-4-2-7-3-5-9-6-10-7/h7-8,10H,2-6H2,1H3. The first-order valence-corrected chi connectivity index (χ1v) is 3.94. The summed E-state index contributed by atoms with van der Waals surface area (Å²) in [5.74, 6) is 0. The van der Waals surface area contributed by atoms with Crippen LogP contribution in [0.5, 0.6) is 0 Å². The molecule has 1 atom stereocenters. The van der Waals surface area contributed by atoms with Crippen LogP contribution >= 0.6 is 0 Å². The van der Waals surface area contributed by atoms with E-state index in [-0.39, 0.29) is 0 Å². The first kappa shape index (κ1) is 7.98. The van der Waals surface area contributed by atoms with Gasteiger partial charge in [0.1, 0.15) is 0 Å². The predicted octanol–water partition coefficient (Wildman–Crippen LogP) is -0.480. The van der Waals surface area contributed by atoms with Crippen molar-refractivity contribution in [3.63, 3.8) is 0 Å². The van der Waals surface area contributed by atoms with E-state index in [1.165, 1.54) is 12.8 Å². The van der Waals surface area contributed by atoms with Crippen LogP contribution in [0.1, 0.15) is 12.8 Å². The third kappa shape index (κ3) is 2.64. The molecule has 59 valence electrons. The van der Waals surface area contributed by atoms with Crippen LogP contribution in [0.2, 0.25) is 0 Å². The fourth-order valence-corrected chi connectivity index (χ4v) is 1.19. The van der Waals surface area contributed by atoms with Crippen LogP contribution in [-0.2, 0) is 0 Å². The van der Waals surface area contributed by atoms with E-state index in [1.54, 1.807) is 0 Å². The van der Waals surface area contributed by atoms with Crippen molar-refractivity contribution in [1.82, 2.24) is 16.0 Å². The number of hydrogen-bond donors (Lipinski definition) is 2. The molecule has 0 bridgehead atoms. The zero-order chi connectivity index (χ0) is 7.23. The first-order chi connectivity index (χ1) is 4.93. The lowest BCUT2D eigenvalue weighted by atomic mass is 10.1. The zero-order valence-corrected chi connectivity index (χ0v) is 6.56. The van der Waals surface area contributed by atoms with E-state index in [1.807, 2.05) is 7.05 Å². The van der Waals surface area contributed by atoms with Gasteiger partial charge in [0.2, 0.25) is 0 Å². The van der Waals surface area contributed by atoms with Crippen molar-refractivity contribution in [2.75, 3.05) is 26.8 Å². The minimum absolute atomic E-state index is 0.699. The summed E-state index contributed by atoms with van der Waals surface area (Å²) >= 11 is 0. The molecule has 1 rings (SSSR count). The Labute approximate surface area is 62.6 Å². The molecule has 1 fully saturated rings. The van der Waals surface area contributed by atoms with E-state index in [0.29, 0.717) is 6.04 Å². The Morgan fingerprint density at radius 2 is 2.60 bits per heavy atom. The summed E-state index contributed by atoms with van der Waals surface area (Å²) < 4.78 is 0. The third-order valence-electron chi connectivity index (χ3n) is 1.87. The van der Waals surface area contributed by atoms with E-state index >= 15 is 0 Å². The second-order valence-corrected chi connectivity index (χ2v) is 2.69. The molecule has 1 saturated heterocycles. The summed E-state index contributed by atoms with van der Waals surface area (Å²) in [7, 11) is 1.99. The van der Waals surface area contributed by atoms with Crippen molar-refractivity contribution in [1.29, 1.82) is 0 Å². The minimum Gasteiger partial charge on any atom is -0.320 e. The predicted molar refractivity (Wildman–Crippen MR) is 42.0 cm³/mol. The molecule has 0 aromatic heterocycles. The molecule has 1 radical (unpaired) electrons. The molecule has 1 heterocycles. The Kier molecular flexibility index (Phi) is 3.72. The largest absolute Gasteiger partial charge is 0.320 e. The van der Waals surface area contributed by atoms with Gasteiger partial charge in [-0.2, -0.15) is 0 Å². The molecule has 3 nitrogen and oxygen atoms in total. The highest BCUT2D eigenvalue weighted by Gasteiger charge is 2.10. The highest BCUT2D eigenvalue weighted by molar-refractivity contribution is 4.72. The van der Waals surface area contributed by atoms with Crippen molar-refractivity contribution < 1.29 is 0 Å². The van der Waals surface area contributed by atoms with Crippen LogP contribution in [-0.4, -0.2) is 32.8 Å². The summed E-state index contributed by atoms with van der Waals surface area (Å²) in [5, 5.41) is 10.7. The number of hydrogen-bond acceptors (Lipinski definition) is 2. The molecule has 1 aliphatic heterocycles. The highest BCUT2D eigenvalue weighted by atomic mass is 15.1. The van der Waals surface area contributed by atoms with Crippen molar-refractivity contribution in [2.45, 2.75) is 18.9 Å². The maximum atomic E-state index is 4.20. The molecule has 0 aromatic rings. The van der Waals surface area contributed by atoms with E-state index in [4.69, 9.17) is 0 Å². The molecule has 3 heteroatoms. The van der Waals surface area contributed by atoms with Gasteiger partial charge in [-0.25, -0.2) is 5.32 Å². The van der Waals surface area contributed by atoms with Crippen molar-refractivity contribution in [3.8, 4) is 0 Å². The van der Waals surface area contributed by atoms with Crippen LogP contribution in [0.4, 0.5) is 0 Å². The lowest BCUT2D eigenvalue weighted by Gasteiger charge is -2.22. The van der Waals surface area contributed by atoms with Gasteiger partial charge in [0.15, 0.2) is 0 Å². The Morgan fingerprint density at radius 3 is 3.20 bits per heavy atom. The SMILES string of the molecule is CNCCC1CC[N]CN1. The van der Waals surface area contributed by atoms with Crippen LogP contribution in [0.3, 0.4) is 0 Å². The molecule has 0 spiro atoms. The van der Waals surface area contributed by atoms with Gasteiger partial charge in [0, 0.05) is 12.6 Å². The number of rotatable bonds is 3. The molecule has 0 aromatic carbocycles. The van der Waals surface area contributed by atoms with Gasteiger partial charge in [-0.05, 0) is 26.4 Å². The molecule has 0 aliphatic carbocycles. The van der Waals surface area contributed by atoms with Gasteiger partial charge in [-0.1, -0.05) is 0 Å². The highest BCUT2D eigenvalue weighted by Crippen LogP contribution is 1.99. The normalized spacial score (nSPS) is 26.7. The van der Waals surface area contributed by atoms with Crippen LogP contribution in [0.25, 0.3) is 0 Å². The average molecular weight is 142 g/mol. The van der Waals surface area contributed by atoms with Crippen LogP contribution < -0.4 is 16.0 Å². The van der Waals surface area contributed by atoms with Gasteiger partial charge >= 0.3 is 0 Å². The topological polar surface area (TPSA) is 38.2 Å². The number of nitrogens with one attached hydrogen (secondary N) is 2. The lowest BCUT2D eigenvalue weighted by molar-refractivity contribution is 0.365. The summed E-state index contributed by atoms with van der Waals surface area (Å²) in [6, 6.07) is 0.699. The van der Waals surface area contributed by atoms with Crippen molar-refractivity contribution >= 4 is 0 Å². The summed E-state index contributed by atoms with van der Waals surface area (Å²) in [4.78, 5) is 0. The van der Waals surface area contributed by atoms with Crippen molar-refractivity contribution in [3.05, 3.63) is 0 Å². The Balaban J connectivity index is 2.02. The molecule has 1 aliphatic rings. The van der Waals surface area contributed by atoms with E-state index in [2.05, 4.69) is 16.0 Å². The smallest absolute Gasteiger partial charge is 0.0625 e. The van der Waals surface area contributed by atoms with Gasteiger partial charge in [-0.15, -0.1) is 0 Å². The molecule has 10 heavy (non-hydrogen) atoms. The molecular weight excluding hydrogens is 126 g/mol. The molecule has 2 N–H and O–H groups in total. The number of nitrogens with zero attached hydrogens (tertiary/aromatic N) is 1. The summed E-state index contributed by atoms with van der Waals surface area (Å²) in [6.45, 7) is 3.01. The monoisotopic (exact) mass is 142 g/mol. The Hall–Kier alpha value is -0.120. The maximum Gasteiger partial charge on any atom is 0.0625 e. The molecular formula is C7H16N3. The van der Waals surface area contributed by atoms with Gasteiger partial charge in [0.25, 0.3) is 0 Å². The molecule has 1 unspecified atom stereocenters. The third-order valence-corrected chi connectivity index (χ3v) is 1.87. The summed E-state index contributed by atoms with van der Waals surface area (Å²) in [5.41, 5.74) is 0. The quantitative estimate of drug-likeness (QED) is 0.558. The zero-order valence-electron chi connectivity index (χ0n) is 6.56.